The lowest BCUT2D eigenvalue weighted by atomic mass is 9.85. The predicted molar refractivity (Wildman–Crippen MR) is 192 cm³/mol. The number of rotatable bonds is 1. The van der Waals surface area contributed by atoms with Gasteiger partial charge in [-0.15, -0.1) is 0 Å². The number of fused-ring (bicyclic) bond motifs is 2. The molecule has 0 unspecified atom stereocenters. The molecule has 0 N–H and O–H groups in total. The summed E-state index contributed by atoms with van der Waals surface area (Å²) in [5.74, 6) is 0. The molecular weight excluding hydrogens is 528 g/mol. The molecule has 0 aliphatic rings. The summed E-state index contributed by atoms with van der Waals surface area (Å²) in [5.41, 5.74) is 2.55. The monoisotopic (exact) mass is 552 g/mol. The molecule has 200 valence electrons. The van der Waals surface area contributed by atoms with Gasteiger partial charge in [-0.25, -0.2) is 0 Å². The third-order valence-electron chi connectivity index (χ3n) is 10.3. The molecule has 0 aliphatic carbocycles. The van der Waals surface area contributed by atoms with E-state index in [2.05, 4.69) is 146 Å². The third-order valence-corrected chi connectivity index (χ3v) is 10.3. The van der Waals surface area contributed by atoms with Gasteiger partial charge >= 0.3 is 0 Å². The van der Waals surface area contributed by atoms with Gasteiger partial charge in [-0.3, -0.25) is 0 Å². The third kappa shape index (κ3) is 2.79. The SMILES string of the molecule is c1cc2ccc3ccc(-c4cc5ccc6cccc7c8cccc9ccc%10cccc(c(c4)c5c67)c%10c98)c4ccc(c1)c2c34. The van der Waals surface area contributed by atoms with Crippen molar-refractivity contribution in [2.75, 3.05) is 0 Å². The van der Waals surface area contributed by atoms with E-state index in [0.29, 0.717) is 0 Å². The van der Waals surface area contributed by atoms with Crippen molar-refractivity contribution in [3.05, 3.63) is 146 Å². The zero-order chi connectivity index (χ0) is 28.5. The summed E-state index contributed by atoms with van der Waals surface area (Å²) in [6, 6.07) is 55.0. The first-order chi connectivity index (χ1) is 21.8. The van der Waals surface area contributed by atoms with E-state index in [1.54, 1.807) is 0 Å². The highest BCUT2D eigenvalue weighted by molar-refractivity contribution is 6.37. The van der Waals surface area contributed by atoms with Crippen molar-refractivity contribution in [1.29, 1.82) is 0 Å². The van der Waals surface area contributed by atoms with Crippen LogP contribution in [-0.4, -0.2) is 0 Å². The van der Waals surface area contributed by atoms with E-state index in [4.69, 9.17) is 0 Å². The van der Waals surface area contributed by atoms with Crippen LogP contribution in [-0.2, 0) is 0 Å². The van der Waals surface area contributed by atoms with Gasteiger partial charge in [0.05, 0.1) is 0 Å². The van der Waals surface area contributed by atoms with Gasteiger partial charge in [0.25, 0.3) is 0 Å². The maximum atomic E-state index is 2.48. The van der Waals surface area contributed by atoms with E-state index in [0.717, 1.165) is 0 Å². The molecule has 0 atom stereocenters. The summed E-state index contributed by atoms with van der Waals surface area (Å²) in [4.78, 5) is 0. The van der Waals surface area contributed by atoms with E-state index < -0.39 is 0 Å². The molecule has 0 fully saturated rings. The summed E-state index contributed by atoms with van der Waals surface area (Å²) in [7, 11) is 0. The molecule has 44 heavy (non-hydrogen) atoms. The maximum absolute atomic E-state index is 2.48. The molecular formula is C44H24. The van der Waals surface area contributed by atoms with E-state index >= 15 is 0 Å². The molecule has 11 rings (SSSR count). The topological polar surface area (TPSA) is 0 Å². The quantitative estimate of drug-likeness (QED) is 0.178. The Labute approximate surface area is 253 Å². The lowest BCUT2D eigenvalue weighted by Gasteiger charge is -2.18. The molecule has 0 heterocycles. The van der Waals surface area contributed by atoms with Gasteiger partial charge in [0.1, 0.15) is 0 Å². The fourth-order valence-electron chi connectivity index (χ4n) is 8.43. The van der Waals surface area contributed by atoms with Crippen LogP contribution < -0.4 is 0 Å². The summed E-state index contributed by atoms with van der Waals surface area (Å²) in [5, 5.41) is 23.8. The zero-order valence-electron chi connectivity index (χ0n) is 23.9. The van der Waals surface area contributed by atoms with E-state index in [1.807, 2.05) is 0 Å². The Morgan fingerprint density at radius 1 is 0.227 bits per heavy atom. The Kier molecular flexibility index (Phi) is 4.15. The Bertz CT molecular complexity index is 2960. The van der Waals surface area contributed by atoms with Crippen molar-refractivity contribution < 1.29 is 0 Å². The number of hydrogen-bond acceptors (Lipinski definition) is 0. The molecule has 0 aliphatic heterocycles. The minimum atomic E-state index is 1.26. The number of benzene rings is 10. The van der Waals surface area contributed by atoms with Crippen molar-refractivity contribution in [2.45, 2.75) is 0 Å². The summed E-state index contributed by atoms with van der Waals surface area (Å²) >= 11 is 0. The molecule has 0 nitrogen and oxygen atoms in total. The maximum Gasteiger partial charge on any atom is -0.00199 e. The lowest BCUT2D eigenvalue weighted by Crippen LogP contribution is -1.90. The normalized spacial score (nSPS) is 12.5. The molecule has 0 saturated carbocycles. The average molecular weight is 553 g/mol. The summed E-state index contributed by atoms with van der Waals surface area (Å²) in [6.07, 6.45) is 0. The van der Waals surface area contributed by atoms with Gasteiger partial charge < -0.3 is 0 Å². The van der Waals surface area contributed by atoms with Crippen LogP contribution in [0.15, 0.2) is 146 Å². The standard InChI is InChI=1S/C44H24/c1-5-25-13-16-30-19-21-33(37-22-20-26(6-1)39(25)40(30)37)32-23-31-18-17-29-8-3-11-35-34-10-2-7-27-14-15-28-9-4-12-36(43(28)41(27)34)38(24-32)44(31)42(29)35/h1-24H. The second kappa shape index (κ2) is 8.01. The van der Waals surface area contributed by atoms with Crippen LogP contribution in [0.1, 0.15) is 0 Å². The van der Waals surface area contributed by atoms with Crippen molar-refractivity contribution in [2.24, 2.45) is 0 Å². The minimum Gasteiger partial charge on any atom is -0.0610 e. The van der Waals surface area contributed by atoms with Gasteiger partial charge in [-0.05, 0) is 120 Å². The van der Waals surface area contributed by atoms with Crippen LogP contribution in [0.3, 0.4) is 0 Å². The average Bonchev–Trinajstić information content (AvgIpc) is 3.08. The summed E-state index contributed by atoms with van der Waals surface area (Å²) < 4.78 is 0. The highest BCUT2D eigenvalue weighted by Crippen LogP contribution is 2.46. The lowest BCUT2D eigenvalue weighted by molar-refractivity contribution is 1.72. The first-order valence-corrected chi connectivity index (χ1v) is 15.4. The molecule has 0 heteroatoms. The Hall–Kier alpha value is -5.72. The molecule has 0 aromatic heterocycles. The molecule has 0 bridgehead atoms. The Morgan fingerprint density at radius 3 is 1.20 bits per heavy atom. The van der Waals surface area contributed by atoms with Crippen molar-refractivity contribution in [3.63, 3.8) is 0 Å². The first-order valence-electron chi connectivity index (χ1n) is 15.4. The largest absolute Gasteiger partial charge is 0.0610 e. The highest BCUT2D eigenvalue weighted by Gasteiger charge is 2.18. The predicted octanol–water partition coefficient (Wildman–Crippen LogP) is 12.6. The van der Waals surface area contributed by atoms with E-state index in [-0.39, 0.29) is 0 Å². The molecule has 11 aromatic carbocycles. The van der Waals surface area contributed by atoms with Gasteiger partial charge in [0, 0.05) is 0 Å². The second-order valence-electron chi connectivity index (χ2n) is 12.4. The van der Waals surface area contributed by atoms with Crippen molar-refractivity contribution in [1.82, 2.24) is 0 Å². The molecule has 11 aromatic rings. The zero-order valence-corrected chi connectivity index (χ0v) is 23.9. The highest BCUT2D eigenvalue weighted by atomic mass is 14.2. The van der Waals surface area contributed by atoms with Crippen molar-refractivity contribution in [3.8, 4) is 11.1 Å². The van der Waals surface area contributed by atoms with E-state index in [1.165, 1.54) is 108 Å². The molecule has 0 radical (unpaired) electrons. The van der Waals surface area contributed by atoms with Crippen LogP contribution >= 0.6 is 0 Å². The van der Waals surface area contributed by atoms with Gasteiger partial charge in [0.2, 0.25) is 0 Å². The summed E-state index contributed by atoms with van der Waals surface area (Å²) in [6.45, 7) is 0. The van der Waals surface area contributed by atoms with Crippen LogP contribution in [0.5, 0.6) is 0 Å². The van der Waals surface area contributed by atoms with Gasteiger partial charge in [-0.2, -0.15) is 0 Å². The second-order valence-corrected chi connectivity index (χ2v) is 12.4. The van der Waals surface area contributed by atoms with Crippen LogP contribution in [0, 0.1) is 0 Å². The molecule has 0 amide bonds. The fraction of sp³-hybridized carbons (Fsp3) is 0. The Morgan fingerprint density at radius 2 is 0.614 bits per heavy atom. The van der Waals surface area contributed by atoms with Crippen molar-refractivity contribution >= 4 is 97.0 Å². The van der Waals surface area contributed by atoms with Crippen LogP contribution in [0.2, 0.25) is 0 Å². The smallest absolute Gasteiger partial charge is 0.00199 e. The first kappa shape index (κ1) is 22.8. The van der Waals surface area contributed by atoms with Crippen LogP contribution in [0.25, 0.3) is 108 Å². The minimum absolute atomic E-state index is 1.26. The molecule has 0 saturated heterocycles. The Balaban J connectivity index is 1.39. The van der Waals surface area contributed by atoms with Gasteiger partial charge in [-0.1, -0.05) is 133 Å². The van der Waals surface area contributed by atoms with Gasteiger partial charge in [0.15, 0.2) is 0 Å². The van der Waals surface area contributed by atoms with E-state index in [9.17, 15) is 0 Å². The fourth-order valence-corrected chi connectivity index (χ4v) is 8.43. The van der Waals surface area contributed by atoms with Crippen LogP contribution in [0.4, 0.5) is 0 Å². The number of hydrogen-bond donors (Lipinski definition) is 0. The molecule has 0 spiro atoms.